The van der Waals surface area contributed by atoms with Gasteiger partial charge in [-0.25, -0.2) is 0 Å². The lowest BCUT2D eigenvalue weighted by atomic mass is 10.1. The summed E-state index contributed by atoms with van der Waals surface area (Å²) in [7, 11) is 0. The molecular weight excluding hydrogens is 102 g/mol. The maximum Gasteiger partial charge on any atom is 0.0694 e. The molecule has 1 N–H and O–H groups in total. The van der Waals surface area contributed by atoms with E-state index in [1.54, 1.807) is 6.92 Å². The topological polar surface area (TPSA) is 44.0 Å². The van der Waals surface area contributed by atoms with Crippen LogP contribution < -0.4 is 0 Å². The van der Waals surface area contributed by atoms with Crippen LogP contribution in [0, 0.1) is 17.2 Å². The van der Waals surface area contributed by atoms with E-state index in [-0.39, 0.29) is 5.92 Å². The number of hydrogen-bond donors (Lipinski definition) is 1. The summed E-state index contributed by atoms with van der Waals surface area (Å²) >= 11 is 0. The Morgan fingerprint density at radius 1 is 1.75 bits per heavy atom. The smallest absolute Gasteiger partial charge is 0.0694 e. The third-order valence-electron chi connectivity index (χ3n) is 1.20. The second-order valence-corrected chi connectivity index (χ2v) is 1.89. The summed E-state index contributed by atoms with van der Waals surface area (Å²) in [4.78, 5) is 0. The van der Waals surface area contributed by atoms with Crippen molar-refractivity contribution in [3.63, 3.8) is 0 Å². The fraction of sp³-hybridized carbons (Fsp3) is 0.833. The molecule has 0 radical (unpaired) electrons. The van der Waals surface area contributed by atoms with Gasteiger partial charge in [-0.2, -0.15) is 5.26 Å². The number of aliphatic hydroxyl groups excluding tert-OH is 1. The fourth-order valence-electron chi connectivity index (χ4n) is 0.440. The SMILES string of the molecule is CC[C@H](O)[C@H](C)C#N. The zero-order valence-electron chi connectivity index (χ0n) is 5.26. The van der Waals surface area contributed by atoms with Crippen molar-refractivity contribution in [3.8, 4) is 6.07 Å². The monoisotopic (exact) mass is 113 g/mol. The lowest BCUT2D eigenvalue weighted by Crippen LogP contribution is -2.13. The van der Waals surface area contributed by atoms with Crippen LogP contribution in [0.1, 0.15) is 20.3 Å². The van der Waals surface area contributed by atoms with E-state index < -0.39 is 6.10 Å². The van der Waals surface area contributed by atoms with Crippen molar-refractivity contribution in [2.75, 3.05) is 0 Å². The molecule has 0 aliphatic heterocycles. The number of nitrogens with zero attached hydrogens (tertiary/aromatic N) is 1. The van der Waals surface area contributed by atoms with Gasteiger partial charge in [-0.15, -0.1) is 0 Å². The van der Waals surface area contributed by atoms with Crippen LogP contribution in [0.4, 0.5) is 0 Å². The first-order valence-corrected chi connectivity index (χ1v) is 2.80. The molecule has 0 heterocycles. The van der Waals surface area contributed by atoms with Crippen LogP contribution in [-0.4, -0.2) is 11.2 Å². The minimum absolute atomic E-state index is 0.222. The van der Waals surface area contributed by atoms with Crippen LogP contribution >= 0.6 is 0 Å². The maximum absolute atomic E-state index is 8.90. The van der Waals surface area contributed by atoms with Crippen LogP contribution in [0.15, 0.2) is 0 Å². The molecule has 0 aliphatic rings. The largest absolute Gasteiger partial charge is 0.392 e. The molecule has 0 rings (SSSR count). The van der Waals surface area contributed by atoms with Gasteiger partial charge in [-0.1, -0.05) is 6.92 Å². The summed E-state index contributed by atoms with van der Waals surface area (Å²) < 4.78 is 0. The van der Waals surface area contributed by atoms with Crippen molar-refractivity contribution in [2.24, 2.45) is 5.92 Å². The number of nitriles is 1. The fourth-order valence-corrected chi connectivity index (χ4v) is 0.440. The number of rotatable bonds is 2. The van der Waals surface area contributed by atoms with Gasteiger partial charge in [0.05, 0.1) is 18.1 Å². The first-order valence-electron chi connectivity index (χ1n) is 2.80. The summed E-state index contributed by atoms with van der Waals surface area (Å²) in [5.41, 5.74) is 0. The van der Waals surface area contributed by atoms with E-state index in [0.717, 1.165) is 0 Å². The lowest BCUT2D eigenvalue weighted by Gasteiger charge is -2.06. The minimum Gasteiger partial charge on any atom is -0.392 e. The molecule has 0 saturated carbocycles. The van der Waals surface area contributed by atoms with Crippen LogP contribution in [0.5, 0.6) is 0 Å². The summed E-state index contributed by atoms with van der Waals surface area (Å²) in [5, 5.41) is 17.1. The van der Waals surface area contributed by atoms with Crippen LogP contribution in [0.2, 0.25) is 0 Å². The lowest BCUT2D eigenvalue weighted by molar-refractivity contribution is 0.136. The Labute approximate surface area is 49.8 Å². The summed E-state index contributed by atoms with van der Waals surface area (Å²) in [5.74, 6) is -0.222. The first kappa shape index (κ1) is 7.45. The molecule has 2 atom stereocenters. The molecule has 2 heteroatoms. The standard InChI is InChI=1S/C6H11NO/c1-3-6(8)5(2)4-7/h5-6,8H,3H2,1-2H3/t5-,6+/m1/s1. The summed E-state index contributed by atoms with van der Waals surface area (Å²) in [6.45, 7) is 3.58. The van der Waals surface area contributed by atoms with Crippen molar-refractivity contribution in [1.29, 1.82) is 5.26 Å². The molecule has 8 heavy (non-hydrogen) atoms. The molecule has 2 nitrogen and oxygen atoms in total. The highest BCUT2D eigenvalue weighted by Crippen LogP contribution is 2.03. The Bertz CT molecular complexity index is 95.2. The third-order valence-corrected chi connectivity index (χ3v) is 1.20. The third kappa shape index (κ3) is 1.94. The van der Waals surface area contributed by atoms with Crippen LogP contribution in [0.25, 0.3) is 0 Å². The Morgan fingerprint density at radius 3 is 2.38 bits per heavy atom. The normalized spacial score (nSPS) is 16.8. The van der Waals surface area contributed by atoms with E-state index in [1.807, 2.05) is 13.0 Å². The second-order valence-electron chi connectivity index (χ2n) is 1.89. The highest BCUT2D eigenvalue weighted by atomic mass is 16.3. The number of aliphatic hydroxyl groups is 1. The van der Waals surface area contributed by atoms with E-state index in [1.165, 1.54) is 0 Å². The van der Waals surface area contributed by atoms with Crippen molar-refractivity contribution in [2.45, 2.75) is 26.4 Å². The van der Waals surface area contributed by atoms with E-state index in [0.29, 0.717) is 6.42 Å². The molecular formula is C6H11NO. The molecule has 0 spiro atoms. The van der Waals surface area contributed by atoms with Gasteiger partial charge in [-0.3, -0.25) is 0 Å². The molecule has 0 saturated heterocycles. The van der Waals surface area contributed by atoms with E-state index in [2.05, 4.69) is 0 Å². The van der Waals surface area contributed by atoms with E-state index in [4.69, 9.17) is 10.4 Å². The molecule has 0 aromatic heterocycles. The van der Waals surface area contributed by atoms with Crippen molar-refractivity contribution >= 4 is 0 Å². The van der Waals surface area contributed by atoms with E-state index in [9.17, 15) is 0 Å². The van der Waals surface area contributed by atoms with Gasteiger partial charge >= 0.3 is 0 Å². The van der Waals surface area contributed by atoms with Gasteiger partial charge in [0.2, 0.25) is 0 Å². The van der Waals surface area contributed by atoms with Gasteiger partial charge < -0.3 is 5.11 Å². The molecule has 0 aromatic carbocycles. The molecule has 0 aromatic rings. The Morgan fingerprint density at radius 2 is 2.25 bits per heavy atom. The quantitative estimate of drug-likeness (QED) is 0.578. The molecule has 46 valence electrons. The van der Waals surface area contributed by atoms with Crippen molar-refractivity contribution in [3.05, 3.63) is 0 Å². The Balaban J connectivity index is 3.49. The highest BCUT2D eigenvalue weighted by Gasteiger charge is 2.08. The average Bonchev–Trinajstić information content (AvgIpc) is 1.84. The summed E-state index contributed by atoms with van der Waals surface area (Å²) in [6, 6.07) is 1.97. The predicted octanol–water partition coefficient (Wildman–Crippen LogP) is 0.917. The van der Waals surface area contributed by atoms with Crippen molar-refractivity contribution in [1.82, 2.24) is 0 Å². The van der Waals surface area contributed by atoms with Crippen molar-refractivity contribution < 1.29 is 5.11 Å². The number of hydrogen-bond acceptors (Lipinski definition) is 2. The zero-order chi connectivity index (χ0) is 6.57. The van der Waals surface area contributed by atoms with Gasteiger partial charge in [0.25, 0.3) is 0 Å². The zero-order valence-corrected chi connectivity index (χ0v) is 5.26. The van der Waals surface area contributed by atoms with Crippen LogP contribution in [0.3, 0.4) is 0 Å². The molecule has 0 unspecified atom stereocenters. The minimum atomic E-state index is -0.444. The first-order chi connectivity index (χ1) is 3.72. The molecule has 0 bridgehead atoms. The average molecular weight is 113 g/mol. The Kier molecular flexibility index (Phi) is 3.21. The van der Waals surface area contributed by atoms with Gasteiger partial charge in [0.15, 0.2) is 0 Å². The van der Waals surface area contributed by atoms with Crippen LogP contribution in [-0.2, 0) is 0 Å². The van der Waals surface area contributed by atoms with Gasteiger partial charge in [0, 0.05) is 0 Å². The molecule has 0 amide bonds. The predicted molar refractivity (Wildman–Crippen MR) is 31.1 cm³/mol. The molecule has 0 fully saturated rings. The highest BCUT2D eigenvalue weighted by molar-refractivity contribution is 4.83. The second kappa shape index (κ2) is 3.45. The molecule has 0 aliphatic carbocycles. The van der Waals surface area contributed by atoms with Gasteiger partial charge in [-0.05, 0) is 13.3 Å². The van der Waals surface area contributed by atoms with E-state index >= 15 is 0 Å². The maximum atomic E-state index is 8.90. The summed E-state index contributed by atoms with van der Waals surface area (Å²) in [6.07, 6.45) is 0.217. The Hall–Kier alpha value is -0.550. The van der Waals surface area contributed by atoms with Gasteiger partial charge in [0.1, 0.15) is 0 Å².